The number of nitrogens with two attached hydrogens (primary N) is 1. The Morgan fingerprint density at radius 1 is 1.10 bits per heavy atom. The third-order valence-electron chi connectivity index (χ3n) is 3.95. The largest absolute Gasteiger partial charge is 0.338 e. The summed E-state index contributed by atoms with van der Waals surface area (Å²) in [6, 6.07) is 11.9. The van der Waals surface area contributed by atoms with Gasteiger partial charge in [0.05, 0.1) is 10.9 Å². The van der Waals surface area contributed by atoms with Gasteiger partial charge in [0.1, 0.15) is 5.69 Å². The summed E-state index contributed by atoms with van der Waals surface area (Å²) in [5, 5.41) is 5.14. The standard InChI is InChI=1S/C15H14N4O/c16-9-15(7-8-15)14-18-13(19-20-14)12-6-5-10-3-1-2-4-11(10)17-12/h1-6H,7-9,16H2. The number of aromatic nitrogens is 3. The van der Waals surface area contributed by atoms with Crippen molar-refractivity contribution in [3.8, 4) is 11.5 Å². The molecule has 0 atom stereocenters. The summed E-state index contributed by atoms with van der Waals surface area (Å²) >= 11 is 0. The van der Waals surface area contributed by atoms with Crippen molar-refractivity contribution in [2.75, 3.05) is 6.54 Å². The SMILES string of the molecule is NCC1(c2nc(-c3ccc4ccccc4n3)no2)CC1. The minimum atomic E-state index is -0.0813. The van der Waals surface area contributed by atoms with Crippen molar-refractivity contribution in [1.82, 2.24) is 15.1 Å². The Morgan fingerprint density at radius 3 is 2.75 bits per heavy atom. The Bertz CT molecular complexity index is 776. The van der Waals surface area contributed by atoms with Gasteiger partial charge in [-0.25, -0.2) is 4.98 Å². The fraction of sp³-hybridized carbons (Fsp3) is 0.267. The van der Waals surface area contributed by atoms with Gasteiger partial charge >= 0.3 is 0 Å². The molecule has 4 rings (SSSR count). The molecule has 0 unspecified atom stereocenters. The first-order valence-electron chi connectivity index (χ1n) is 6.71. The summed E-state index contributed by atoms with van der Waals surface area (Å²) < 4.78 is 5.37. The van der Waals surface area contributed by atoms with Crippen LogP contribution in [0, 0.1) is 0 Å². The van der Waals surface area contributed by atoms with Gasteiger partial charge in [0.25, 0.3) is 0 Å². The van der Waals surface area contributed by atoms with Crippen molar-refractivity contribution >= 4 is 10.9 Å². The minimum absolute atomic E-state index is 0.0813. The van der Waals surface area contributed by atoms with Crippen LogP contribution in [0.25, 0.3) is 22.4 Å². The molecule has 0 amide bonds. The summed E-state index contributed by atoms with van der Waals surface area (Å²) in [5.41, 5.74) is 7.35. The molecule has 1 aliphatic rings. The maximum absolute atomic E-state index is 5.78. The number of benzene rings is 1. The van der Waals surface area contributed by atoms with E-state index in [1.807, 2.05) is 36.4 Å². The van der Waals surface area contributed by atoms with Crippen LogP contribution >= 0.6 is 0 Å². The summed E-state index contributed by atoms with van der Waals surface area (Å²) in [6.45, 7) is 0.555. The van der Waals surface area contributed by atoms with Crippen LogP contribution in [0.1, 0.15) is 18.7 Å². The van der Waals surface area contributed by atoms with Gasteiger partial charge in [-0.1, -0.05) is 29.4 Å². The van der Waals surface area contributed by atoms with E-state index in [1.54, 1.807) is 0 Å². The highest BCUT2D eigenvalue weighted by Gasteiger charge is 2.48. The molecule has 20 heavy (non-hydrogen) atoms. The van der Waals surface area contributed by atoms with Crippen molar-refractivity contribution in [3.05, 3.63) is 42.3 Å². The number of hydrogen-bond donors (Lipinski definition) is 1. The van der Waals surface area contributed by atoms with Gasteiger partial charge in [0, 0.05) is 11.9 Å². The predicted octanol–water partition coefficient (Wildman–Crippen LogP) is 2.28. The van der Waals surface area contributed by atoms with Gasteiger partial charge in [0.15, 0.2) is 0 Å². The smallest absolute Gasteiger partial charge is 0.234 e. The Morgan fingerprint density at radius 2 is 1.95 bits per heavy atom. The van der Waals surface area contributed by atoms with Gasteiger partial charge in [-0.05, 0) is 25.0 Å². The normalized spacial score (nSPS) is 16.4. The molecular formula is C15H14N4O. The van der Waals surface area contributed by atoms with Crippen LogP contribution in [0.3, 0.4) is 0 Å². The van der Waals surface area contributed by atoms with E-state index in [1.165, 1.54) is 0 Å². The maximum atomic E-state index is 5.78. The van der Waals surface area contributed by atoms with Crippen LogP contribution in [-0.4, -0.2) is 21.7 Å². The molecule has 3 aromatic rings. The highest BCUT2D eigenvalue weighted by Crippen LogP contribution is 2.46. The lowest BCUT2D eigenvalue weighted by Gasteiger charge is -2.03. The second-order valence-electron chi connectivity index (χ2n) is 5.30. The van der Waals surface area contributed by atoms with E-state index in [4.69, 9.17) is 10.3 Å². The van der Waals surface area contributed by atoms with Crippen molar-refractivity contribution < 1.29 is 4.52 Å². The van der Waals surface area contributed by atoms with Gasteiger partial charge < -0.3 is 10.3 Å². The van der Waals surface area contributed by atoms with Crippen LogP contribution in [-0.2, 0) is 5.41 Å². The molecule has 2 N–H and O–H groups in total. The van der Waals surface area contributed by atoms with Gasteiger partial charge in [-0.3, -0.25) is 0 Å². The zero-order chi connectivity index (χ0) is 13.6. The lowest BCUT2D eigenvalue weighted by molar-refractivity contribution is 0.347. The minimum Gasteiger partial charge on any atom is -0.338 e. The van der Waals surface area contributed by atoms with E-state index in [0.29, 0.717) is 18.3 Å². The quantitative estimate of drug-likeness (QED) is 0.786. The lowest BCUT2D eigenvalue weighted by atomic mass is 10.1. The number of hydrogen-bond acceptors (Lipinski definition) is 5. The molecule has 1 aliphatic carbocycles. The molecule has 1 saturated carbocycles. The summed E-state index contributed by atoms with van der Waals surface area (Å²) in [4.78, 5) is 9.04. The molecule has 1 fully saturated rings. The number of fused-ring (bicyclic) bond motifs is 1. The first kappa shape index (κ1) is 11.5. The lowest BCUT2D eigenvalue weighted by Crippen LogP contribution is -2.19. The van der Waals surface area contributed by atoms with Gasteiger partial charge in [-0.15, -0.1) is 0 Å². The van der Waals surface area contributed by atoms with E-state index >= 15 is 0 Å². The molecule has 5 nitrogen and oxygen atoms in total. The summed E-state index contributed by atoms with van der Waals surface area (Å²) in [6.07, 6.45) is 2.05. The van der Waals surface area contributed by atoms with E-state index in [2.05, 4.69) is 15.1 Å². The van der Waals surface area contributed by atoms with E-state index in [9.17, 15) is 0 Å². The van der Waals surface area contributed by atoms with Crippen LogP contribution < -0.4 is 5.73 Å². The Balaban J connectivity index is 1.76. The molecule has 2 aromatic heterocycles. The Hall–Kier alpha value is -2.27. The van der Waals surface area contributed by atoms with Crippen LogP contribution in [0.4, 0.5) is 0 Å². The highest BCUT2D eigenvalue weighted by atomic mass is 16.5. The van der Waals surface area contributed by atoms with Crippen LogP contribution in [0.2, 0.25) is 0 Å². The van der Waals surface area contributed by atoms with Crippen LogP contribution in [0.15, 0.2) is 40.9 Å². The predicted molar refractivity (Wildman–Crippen MR) is 75.0 cm³/mol. The third-order valence-corrected chi connectivity index (χ3v) is 3.95. The van der Waals surface area contributed by atoms with Gasteiger partial charge in [-0.2, -0.15) is 4.98 Å². The van der Waals surface area contributed by atoms with E-state index < -0.39 is 0 Å². The van der Waals surface area contributed by atoms with Crippen LogP contribution in [0.5, 0.6) is 0 Å². The maximum Gasteiger partial charge on any atom is 0.234 e. The molecule has 1 aromatic carbocycles. The topological polar surface area (TPSA) is 77.8 Å². The molecule has 0 bridgehead atoms. The molecule has 0 spiro atoms. The highest BCUT2D eigenvalue weighted by molar-refractivity contribution is 5.80. The number of para-hydroxylation sites is 1. The molecule has 2 heterocycles. The molecule has 0 aliphatic heterocycles. The molecule has 0 saturated heterocycles. The Labute approximate surface area is 115 Å². The zero-order valence-electron chi connectivity index (χ0n) is 10.9. The fourth-order valence-electron chi connectivity index (χ4n) is 2.39. The molecule has 5 heteroatoms. The monoisotopic (exact) mass is 266 g/mol. The van der Waals surface area contributed by atoms with E-state index in [0.717, 1.165) is 29.4 Å². The average Bonchev–Trinajstić information content (AvgIpc) is 3.15. The summed E-state index contributed by atoms with van der Waals surface area (Å²) in [5.74, 6) is 1.18. The molecule has 0 radical (unpaired) electrons. The zero-order valence-corrected chi connectivity index (χ0v) is 10.9. The first-order valence-corrected chi connectivity index (χ1v) is 6.71. The fourth-order valence-corrected chi connectivity index (χ4v) is 2.39. The second kappa shape index (κ2) is 4.11. The molecular weight excluding hydrogens is 252 g/mol. The van der Waals surface area contributed by atoms with Gasteiger partial charge in [0.2, 0.25) is 11.7 Å². The van der Waals surface area contributed by atoms with Crippen molar-refractivity contribution in [3.63, 3.8) is 0 Å². The second-order valence-corrected chi connectivity index (χ2v) is 5.30. The number of pyridine rings is 1. The average molecular weight is 266 g/mol. The number of nitrogens with zero attached hydrogens (tertiary/aromatic N) is 3. The van der Waals surface area contributed by atoms with Crippen molar-refractivity contribution in [1.29, 1.82) is 0 Å². The molecule has 100 valence electrons. The Kier molecular flexibility index (Phi) is 2.37. The first-order chi connectivity index (χ1) is 9.81. The van der Waals surface area contributed by atoms with E-state index in [-0.39, 0.29) is 5.41 Å². The number of rotatable bonds is 3. The van der Waals surface area contributed by atoms with Crippen molar-refractivity contribution in [2.24, 2.45) is 5.73 Å². The summed E-state index contributed by atoms with van der Waals surface area (Å²) in [7, 11) is 0. The van der Waals surface area contributed by atoms with Crippen molar-refractivity contribution in [2.45, 2.75) is 18.3 Å². The third kappa shape index (κ3) is 1.71.